The Hall–Kier alpha value is -5.40. The summed E-state index contributed by atoms with van der Waals surface area (Å²) in [6.45, 7) is 9.60. The molecule has 2 aromatic heterocycles. The summed E-state index contributed by atoms with van der Waals surface area (Å²) in [5.41, 5.74) is 15.1. The molecular formula is C46H31N. The number of benzene rings is 8. The summed E-state index contributed by atoms with van der Waals surface area (Å²) in [6.07, 6.45) is 0. The third-order valence-corrected chi connectivity index (χ3v) is 12.4. The number of aromatic nitrogens is 1. The number of hydrogen-bond acceptors (Lipinski definition) is 0. The second-order valence-electron chi connectivity index (χ2n) is 15.3. The van der Waals surface area contributed by atoms with E-state index in [4.69, 9.17) is 0 Å². The second kappa shape index (κ2) is 7.59. The first kappa shape index (κ1) is 24.8. The van der Waals surface area contributed by atoms with Crippen LogP contribution in [0.5, 0.6) is 0 Å². The van der Waals surface area contributed by atoms with E-state index in [1.165, 1.54) is 115 Å². The van der Waals surface area contributed by atoms with Crippen molar-refractivity contribution < 1.29 is 0 Å². The quantitative estimate of drug-likeness (QED) is 0.153. The van der Waals surface area contributed by atoms with Crippen molar-refractivity contribution in [2.75, 3.05) is 0 Å². The molecule has 0 fully saturated rings. The second-order valence-corrected chi connectivity index (χ2v) is 15.3. The van der Waals surface area contributed by atoms with Gasteiger partial charge in [-0.1, -0.05) is 119 Å². The first-order valence-corrected chi connectivity index (χ1v) is 17.0. The van der Waals surface area contributed by atoms with Crippen molar-refractivity contribution >= 4 is 70.4 Å². The Morgan fingerprint density at radius 3 is 1.38 bits per heavy atom. The van der Waals surface area contributed by atoms with E-state index in [2.05, 4.69) is 147 Å². The fraction of sp³-hybridized carbons (Fsp3) is 0.130. The molecule has 2 aliphatic rings. The molecule has 0 atom stereocenters. The van der Waals surface area contributed by atoms with Gasteiger partial charge in [-0.05, 0) is 101 Å². The topological polar surface area (TPSA) is 4.41 Å². The summed E-state index contributed by atoms with van der Waals surface area (Å²) in [5, 5.41) is 13.7. The van der Waals surface area contributed by atoms with Crippen LogP contribution in [-0.2, 0) is 10.8 Å². The van der Waals surface area contributed by atoms with Gasteiger partial charge in [-0.25, -0.2) is 0 Å². The predicted molar refractivity (Wildman–Crippen MR) is 200 cm³/mol. The molecule has 0 N–H and O–H groups in total. The lowest BCUT2D eigenvalue weighted by molar-refractivity contribution is 0.661. The van der Waals surface area contributed by atoms with Crippen molar-refractivity contribution in [3.63, 3.8) is 0 Å². The molecule has 12 rings (SSSR count). The summed E-state index contributed by atoms with van der Waals surface area (Å²) in [6, 6.07) is 44.5. The van der Waals surface area contributed by atoms with E-state index in [9.17, 15) is 0 Å². The van der Waals surface area contributed by atoms with Gasteiger partial charge in [0, 0.05) is 32.4 Å². The monoisotopic (exact) mass is 597 g/mol. The normalized spacial score (nSPS) is 16.0. The number of hydrogen-bond donors (Lipinski definition) is 0. The van der Waals surface area contributed by atoms with Crippen molar-refractivity contribution in [2.24, 2.45) is 0 Å². The molecule has 47 heavy (non-hydrogen) atoms. The first-order chi connectivity index (χ1) is 22.8. The van der Waals surface area contributed by atoms with Gasteiger partial charge in [0.15, 0.2) is 0 Å². The molecule has 0 saturated heterocycles. The fourth-order valence-electron chi connectivity index (χ4n) is 10.3. The lowest BCUT2D eigenvalue weighted by Crippen LogP contribution is -2.14. The van der Waals surface area contributed by atoms with Gasteiger partial charge in [0.2, 0.25) is 0 Å². The van der Waals surface area contributed by atoms with Crippen molar-refractivity contribution in [1.29, 1.82) is 0 Å². The Morgan fingerprint density at radius 1 is 0.383 bits per heavy atom. The lowest BCUT2D eigenvalue weighted by Gasteiger charge is -2.22. The SMILES string of the molecule is CC1(C)c2ccccc2-c2cc3c(cc21)c1c2ccc4cccc5ccc(c2c45)c2c4cc5c(cc4n3c12)-c1ccccc1C5(C)C. The maximum Gasteiger partial charge on any atom is 0.0633 e. The standard InChI is InChI=1S/C46H31N/c1-45(2)34-14-7-5-12-26(34)30-22-38-32(20-36(30)45)42-28-18-16-24-10-9-11-25-17-19-29(41(28)40(24)25)43-33-21-37-31(23-39(33)47(38)44(42)43)27-13-6-8-15-35(27)46(37,3)4/h5-23H,1-4H3. The smallest absolute Gasteiger partial charge is 0.0633 e. The van der Waals surface area contributed by atoms with E-state index < -0.39 is 0 Å². The molecule has 2 heterocycles. The first-order valence-electron chi connectivity index (χ1n) is 17.0. The van der Waals surface area contributed by atoms with Gasteiger partial charge in [-0.2, -0.15) is 0 Å². The number of fused-ring (bicyclic) bond motifs is 14. The van der Waals surface area contributed by atoms with Crippen LogP contribution in [0.4, 0.5) is 0 Å². The predicted octanol–water partition coefficient (Wildman–Crippen LogP) is 12.3. The largest absolute Gasteiger partial charge is 0.308 e. The molecule has 0 amide bonds. The summed E-state index contributed by atoms with van der Waals surface area (Å²) < 4.78 is 2.63. The molecule has 2 aliphatic carbocycles. The Bertz CT molecular complexity index is 2860. The summed E-state index contributed by atoms with van der Waals surface area (Å²) >= 11 is 0. The van der Waals surface area contributed by atoms with Gasteiger partial charge in [0.05, 0.1) is 16.6 Å². The highest BCUT2D eigenvalue weighted by Crippen LogP contribution is 2.56. The highest BCUT2D eigenvalue weighted by molar-refractivity contribution is 6.42. The summed E-state index contributed by atoms with van der Waals surface area (Å²) in [5.74, 6) is 0. The molecule has 1 heteroatoms. The van der Waals surface area contributed by atoms with E-state index in [0.717, 1.165) is 0 Å². The van der Waals surface area contributed by atoms with E-state index in [0.29, 0.717) is 0 Å². The Labute approximate surface area is 272 Å². The van der Waals surface area contributed by atoms with Crippen molar-refractivity contribution in [1.82, 2.24) is 4.40 Å². The van der Waals surface area contributed by atoms with E-state index in [1.807, 2.05) is 0 Å². The van der Waals surface area contributed by atoms with E-state index in [1.54, 1.807) is 0 Å². The van der Waals surface area contributed by atoms with Crippen LogP contribution in [-0.4, -0.2) is 4.40 Å². The maximum absolute atomic E-state index is 2.63. The van der Waals surface area contributed by atoms with Crippen LogP contribution in [0, 0.1) is 0 Å². The molecule has 220 valence electrons. The summed E-state index contributed by atoms with van der Waals surface area (Å²) in [7, 11) is 0. The van der Waals surface area contributed by atoms with Crippen molar-refractivity contribution in [3.05, 3.63) is 138 Å². The highest BCUT2D eigenvalue weighted by atomic mass is 14.9. The van der Waals surface area contributed by atoms with Crippen LogP contribution in [0.2, 0.25) is 0 Å². The molecule has 8 aromatic carbocycles. The molecule has 0 unspecified atom stereocenters. The van der Waals surface area contributed by atoms with Crippen LogP contribution < -0.4 is 0 Å². The zero-order valence-electron chi connectivity index (χ0n) is 26.9. The lowest BCUT2D eigenvalue weighted by atomic mass is 9.81. The molecular weight excluding hydrogens is 567 g/mol. The van der Waals surface area contributed by atoms with Crippen LogP contribution in [0.25, 0.3) is 92.7 Å². The van der Waals surface area contributed by atoms with Gasteiger partial charge in [-0.15, -0.1) is 0 Å². The minimum Gasteiger partial charge on any atom is -0.308 e. The third kappa shape index (κ3) is 2.60. The van der Waals surface area contributed by atoms with Gasteiger partial charge in [-0.3, -0.25) is 0 Å². The number of rotatable bonds is 0. The fourth-order valence-corrected chi connectivity index (χ4v) is 10.3. The Balaban J connectivity index is 1.38. The number of nitrogens with zero attached hydrogens (tertiary/aromatic N) is 1. The summed E-state index contributed by atoms with van der Waals surface area (Å²) in [4.78, 5) is 0. The van der Waals surface area contributed by atoms with Gasteiger partial charge < -0.3 is 4.40 Å². The molecule has 0 bridgehead atoms. The Morgan fingerprint density at radius 2 is 0.872 bits per heavy atom. The molecule has 0 aliphatic heterocycles. The molecule has 0 radical (unpaired) electrons. The van der Waals surface area contributed by atoms with E-state index in [-0.39, 0.29) is 10.8 Å². The van der Waals surface area contributed by atoms with Crippen molar-refractivity contribution in [3.8, 4) is 22.3 Å². The van der Waals surface area contributed by atoms with Gasteiger partial charge in [0.1, 0.15) is 0 Å². The van der Waals surface area contributed by atoms with E-state index >= 15 is 0 Å². The average molecular weight is 598 g/mol. The van der Waals surface area contributed by atoms with Crippen LogP contribution in [0.1, 0.15) is 49.9 Å². The average Bonchev–Trinajstić information content (AvgIpc) is 3.74. The van der Waals surface area contributed by atoms with Gasteiger partial charge >= 0.3 is 0 Å². The molecule has 0 saturated carbocycles. The zero-order chi connectivity index (χ0) is 31.1. The maximum atomic E-state index is 2.63. The highest BCUT2D eigenvalue weighted by Gasteiger charge is 2.38. The molecule has 0 spiro atoms. The minimum atomic E-state index is -0.0563. The van der Waals surface area contributed by atoms with Crippen LogP contribution in [0.3, 0.4) is 0 Å². The zero-order valence-corrected chi connectivity index (χ0v) is 26.9. The van der Waals surface area contributed by atoms with Crippen LogP contribution >= 0.6 is 0 Å². The molecule has 10 aromatic rings. The van der Waals surface area contributed by atoms with Crippen molar-refractivity contribution in [2.45, 2.75) is 38.5 Å². The third-order valence-electron chi connectivity index (χ3n) is 12.4. The van der Waals surface area contributed by atoms with Gasteiger partial charge in [0.25, 0.3) is 0 Å². The Kier molecular flexibility index (Phi) is 4.00. The minimum absolute atomic E-state index is 0.0563. The molecule has 1 nitrogen and oxygen atoms in total. The van der Waals surface area contributed by atoms with Crippen LogP contribution in [0.15, 0.2) is 115 Å².